The molecule has 0 radical (unpaired) electrons. The van der Waals surface area contributed by atoms with Crippen molar-refractivity contribution in [2.24, 2.45) is 0 Å². The summed E-state index contributed by atoms with van der Waals surface area (Å²) in [5, 5.41) is 3.87. The molecule has 150 valence electrons. The van der Waals surface area contributed by atoms with Gasteiger partial charge >= 0.3 is 0 Å². The maximum absolute atomic E-state index is 3.54. The fourth-order valence-corrected chi connectivity index (χ4v) is 5.25. The molecule has 0 saturated heterocycles. The highest BCUT2D eigenvalue weighted by Crippen LogP contribution is 2.37. The summed E-state index contributed by atoms with van der Waals surface area (Å²) in [6.07, 6.45) is 4.41. The zero-order chi connectivity index (χ0) is 21.1. The van der Waals surface area contributed by atoms with Crippen molar-refractivity contribution in [1.29, 1.82) is 0 Å². The van der Waals surface area contributed by atoms with Crippen molar-refractivity contribution in [2.75, 3.05) is 0 Å². The topological polar surface area (TPSA) is 20.7 Å². The predicted molar refractivity (Wildman–Crippen MR) is 133 cm³/mol. The molecule has 0 bridgehead atoms. The van der Waals surface area contributed by atoms with Crippen LogP contribution >= 0.6 is 0 Å². The summed E-state index contributed by atoms with van der Waals surface area (Å²) in [5.74, 6) is 0. The monoisotopic (exact) mass is 408 g/mol. The van der Waals surface area contributed by atoms with Crippen molar-refractivity contribution < 1.29 is 0 Å². The smallest absolute Gasteiger partial charge is 0.0978 e. The number of H-pyrrole nitrogens is 1. The van der Waals surface area contributed by atoms with Crippen LogP contribution in [0.4, 0.5) is 0 Å². The van der Waals surface area contributed by atoms with Gasteiger partial charge in [0.05, 0.1) is 16.6 Å². The number of hydrogen-bond donors (Lipinski definition) is 1. The van der Waals surface area contributed by atoms with Gasteiger partial charge in [0.2, 0.25) is 0 Å². The van der Waals surface area contributed by atoms with E-state index in [2.05, 4.69) is 107 Å². The number of benzene rings is 3. The maximum atomic E-state index is 3.54. The third-order valence-electron chi connectivity index (χ3n) is 6.73. The highest BCUT2D eigenvalue weighted by Gasteiger charge is 2.18. The molecule has 0 amide bonds. The van der Waals surface area contributed by atoms with Crippen LogP contribution in [0, 0.1) is 12.1 Å². The first-order valence-electron chi connectivity index (χ1n) is 11.1. The summed E-state index contributed by atoms with van der Waals surface area (Å²) >= 11 is 0. The van der Waals surface area contributed by atoms with Gasteiger partial charge in [0.15, 0.2) is 0 Å². The van der Waals surface area contributed by atoms with Crippen LogP contribution in [0.5, 0.6) is 0 Å². The molecule has 0 unspecified atom stereocenters. The third-order valence-corrected chi connectivity index (χ3v) is 6.73. The second-order valence-corrected chi connectivity index (χ2v) is 8.50. The summed E-state index contributed by atoms with van der Waals surface area (Å²) in [6.45, 7) is 0. The normalized spacial score (nSPS) is 13.3. The zero-order valence-corrected chi connectivity index (χ0v) is 17.5. The second-order valence-electron chi connectivity index (χ2n) is 8.50. The Morgan fingerprint density at radius 2 is 1.59 bits per heavy atom. The number of rotatable bonds is 2. The molecular formula is C30H20N2. The molecular weight excluding hydrogens is 388 g/mol. The molecule has 0 aliphatic heterocycles. The largest absolute Gasteiger partial charge is 0.348 e. The minimum absolute atomic E-state index is 1.04. The van der Waals surface area contributed by atoms with Gasteiger partial charge < -0.3 is 9.55 Å². The van der Waals surface area contributed by atoms with Gasteiger partial charge in [0.25, 0.3) is 0 Å². The van der Waals surface area contributed by atoms with Crippen LogP contribution < -0.4 is 0 Å². The van der Waals surface area contributed by atoms with Gasteiger partial charge in [-0.3, -0.25) is 0 Å². The SMILES string of the molecule is c1ccc2c3c([nH]c2c#1)C=C(c1ccc2c(c1)c1ccccc1n2-c1ccccc1)CC3. The fraction of sp³-hybridized carbons (Fsp3) is 0.0667. The van der Waals surface area contributed by atoms with Crippen LogP contribution in [0.1, 0.15) is 23.2 Å². The molecule has 7 rings (SSSR count). The summed E-state index contributed by atoms with van der Waals surface area (Å²) in [7, 11) is 0. The molecule has 4 aromatic carbocycles. The van der Waals surface area contributed by atoms with E-state index in [4.69, 9.17) is 0 Å². The molecule has 2 aromatic heterocycles. The Balaban J connectivity index is 1.43. The van der Waals surface area contributed by atoms with Crippen molar-refractivity contribution in [3.8, 4) is 5.69 Å². The molecule has 2 nitrogen and oxygen atoms in total. The molecule has 0 spiro atoms. The van der Waals surface area contributed by atoms with Gasteiger partial charge in [0.1, 0.15) is 0 Å². The molecule has 1 aliphatic rings. The first-order chi connectivity index (χ1) is 15.9. The van der Waals surface area contributed by atoms with Crippen LogP contribution in [-0.2, 0) is 6.42 Å². The van der Waals surface area contributed by atoms with Crippen LogP contribution in [0.15, 0.2) is 84.9 Å². The lowest BCUT2D eigenvalue weighted by Crippen LogP contribution is -1.98. The van der Waals surface area contributed by atoms with Gasteiger partial charge in [-0.1, -0.05) is 48.5 Å². The van der Waals surface area contributed by atoms with Crippen molar-refractivity contribution in [1.82, 2.24) is 9.55 Å². The number of hydrogen-bond acceptors (Lipinski definition) is 0. The number of fused-ring (bicyclic) bond motifs is 6. The number of allylic oxidation sites excluding steroid dienone is 1. The van der Waals surface area contributed by atoms with Gasteiger partial charge in [-0.05, 0) is 84.1 Å². The van der Waals surface area contributed by atoms with Crippen molar-refractivity contribution in [3.63, 3.8) is 0 Å². The molecule has 1 N–H and O–H groups in total. The number of para-hydroxylation sites is 2. The summed E-state index contributed by atoms with van der Waals surface area (Å²) in [6, 6.07) is 36.6. The van der Waals surface area contributed by atoms with Crippen LogP contribution in [0.25, 0.3) is 50.0 Å². The van der Waals surface area contributed by atoms with Gasteiger partial charge in [-0.15, -0.1) is 0 Å². The Kier molecular flexibility index (Phi) is 3.62. The molecule has 1 aliphatic carbocycles. The van der Waals surface area contributed by atoms with E-state index in [1.165, 1.54) is 55.3 Å². The standard InChI is InChI=1S/C30H20N2/c1-2-8-22(9-3-1)32-29-13-7-5-11-25(29)26-18-20(15-17-30(26)32)21-14-16-24-23-10-4-6-12-27(23)31-28(24)19-21/h1-5,7-11,13,15,17-19,31H,14,16H2. The highest BCUT2D eigenvalue weighted by molar-refractivity contribution is 6.10. The number of nitrogens with one attached hydrogen (secondary N) is 1. The summed E-state index contributed by atoms with van der Waals surface area (Å²) in [4.78, 5) is 3.54. The van der Waals surface area contributed by atoms with Gasteiger partial charge in [0, 0.05) is 27.5 Å². The van der Waals surface area contributed by atoms with Gasteiger partial charge in [-0.25, -0.2) is 0 Å². The lowest BCUT2D eigenvalue weighted by atomic mass is 9.90. The molecule has 6 aromatic rings. The minimum Gasteiger partial charge on any atom is -0.348 e. The predicted octanol–water partition coefficient (Wildman–Crippen LogP) is 7.35. The van der Waals surface area contributed by atoms with Gasteiger partial charge in [-0.2, -0.15) is 0 Å². The van der Waals surface area contributed by atoms with E-state index in [1.807, 2.05) is 6.07 Å². The molecule has 0 saturated carbocycles. The fourth-order valence-electron chi connectivity index (χ4n) is 5.25. The van der Waals surface area contributed by atoms with Crippen LogP contribution in [0.2, 0.25) is 0 Å². The number of nitrogens with zero attached hydrogens (tertiary/aromatic N) is 1. The van der Waals surface area contributed by atoms with E-state index < -0.39 is 0 Å². The van der Waals surface area contributed by atoms with Crippen molar-refractivity contribution >= 4 is 44.4 Å². The molecule has 0 fully saturated rings. The average Bonchev–Trinajstić information content (AvgIpc) is 3.39. The molecule has 2 heterocycles. The lowest BCUT2D eigenvalue weighted by Gasteiger charge is -2.15. The van der Waals surface area contributed by atoms with E-state index in [-0.39, 0.29) is 0 Å². The van der Waals surface area contributed by atoms with Crippen LogP contribution in [-0.4, -0.2) is 9.55 Å². The van der Waals surface area contributed by atoms with Crippen LogP contribution in [0.3, 0.4) is 0 Å². The molecule has 32 heavy (non-hydrogen) atoms. The van der Waals surface area contributed by atoms with Crippen molar-refractivity contribution in [3.05, 3.63) is 114 Å². The molecule has 2 heteroatoms. The summed E-state index contributed by atoms with van der Waals surface area (Å²) in [5.41, 5.74) is 10.0. The van der Waals surface area contributed by atoms with E-state index in [0.717, 1.165) is 18.4 Å². The van der Waals surface area contributed by atoms with Crippen molar-refractivity contribution in [2.45, 2.75) is 12.8 Å². The minimum atomic E-state index is 1.04. The van der Waals surface area contributed by atoms with E-state index in [0.29, 0.717) is 0 Å². The Labute approximate surface area is 186 Å². The first-order valence-corrected chi connectivity index (χ1v) is 11.1. The third kappa shape index (κ3) is 2.49. The Morgan fingerprint density at radius 1 is 0.750 bits per heavy atom. The number of aryl methyl sites for hydroxylation is 1. The van der Waals surface area contributed by atoms with E-state index >= 15 is 0 Å². The Morgan fingerprint density at radius 3 is 2.53 bits per heavy atom. The molecule has 0 atom stereocenters. The average molecular weight is 409 g/mol. The Hall–Kier alpha value is -4.22. The number of aromatic amines is 1. The Bertz CT molecular complexity index is 1660. The summed E-state index contributed by atoms with van der Waals surface area (Å²) < 4.78 is 2.37. The number of aromatic nitrogens is 2. The van der Waals surface area contributed by atoms with E-state index in [9.17, 15) is 0 Å². The van der Waals surface area contributed by atoms with E-state index in [1.54, 1.807) is 0 Å². The quantitative estimate of drug-likeness (QED) is 0.309. The second kappa shape index (κ2) is 6.64. The lowest BCUT2D eigenvalue weighted by molar-refractivity contribution is 1.01. The zero-order valence-electron chi connectivity index (χ0n) is 17.5. The highest BCUT2D eigenvalue weighted by atomic mass is 15.0. The maximum Gasteiger partial charge on any atom is 0.0978 e. The first kappa shape index (κ1) is 17.5.